The molecule has 1 aliphatic rings. The Labute approximate surface area is 153 Å². The van der Waals surface area contributed by atoms with Gasteiger partial charge in [-0.05, 0) is 42.9 Å². The monoisotopic (exact) mass is 370 g/mol. The second-order valence-corrected chi connectivity index (χ2v) is 7.44. The third-order valence-electron chi connectivity index (χ3n) is 4.29. The van der Waals surface area contributed by atoms with Gasteiger partial charge >= 0.3 is 0 Å². The van der Waals surface area contributed by atoms with Crippen LogP contribution in [0.25, 0.3) is 0 Å². The first-order valence-electron chi connectivity index (χ1n) is 8.39. The topological polar surface area (TPSA) is 49.4 Å². The molecule has 1 aromatic carbocycles. The summed E-state index contributed by atoms with van der Waals surface area (Å²) in [5, 5.41) is 3.73. The molecule has 24 heavy (non-hydrogen) atoms. The molecule has 1 N–H and O–H groups in total. The zero-order valence-corrected chi connectivity index (χ0v) is 15.7. The van der Waals surface area contributed by atoms with E-state index in [1.807, 2.05) is 17.0 Å². The summed E-state index contributed by atoms with van der Waals surface area (Å²) in [7, 11) is 0. The van der Waals surface area contributed by atoms with Crippen LogP contribution in [-0.4, -0.2) is 29.8 Å². The minimum Gasteiger partial charge on any atom is -0.347 e. The van der Waals surface area contributed by atoms with Crippen molar-refractivity contribution in [2.24, 2.45) is 5.92 Å². The third-order valence-corrected chi connectivity index (χ3v) is 5.03. The van der Waals surface area contributed by atoms with Gasteiger partial charge in [-0.2, -0.15) is 0 Å². The maximum atomic E-state index is 12.5. The zero-order valence-electron chi connectivity index (χ0n) is 14.1. The van der Waals surface area contributed by atoms with Crippen molar-refractivity contribution in [3.63, 3.8) is 0 Å². The van der Waals surface area contributed by atoms with Gasteiger partial charge in [0.15, 0.2) is 0 Å². The van der Waals surface area contributed by atoms with Gasteiger partial charge in [-0.25, -0.2) is 0 Å². The first kappa shape index (κ1) is 19.1. The summed E-state index contributed by atoms with van der Waals surface area (Å²) >= 11 is 12.1. The molecule has 1 saturated heterocycles. The lowest BCUT2D eigenvalue weighted by Gasteiger charge is -2.25. The Hall–Kier alpha value is -1.26. The fourth-order valence-corrected chi connectivity index (χ4v) is 3.22. The van der Waals surface area contributed by atoms with E-state index in [1.54, 1.807) is 6.07 Å². The van der Waals surface area contributed by atoms with Crippen molar-refractivity contribution in [2.45, 2.75) is 45.6 Å². The van der Waals surface area contributed by atoms with Crippen LogP contribution in [0.5, 0.6) is 0 Å². The maximum Gasteiger partial charge on any atom is 0.242 e. The summed E-state index contributed by atoms with van der Waals surface area (Å²) in [5.41, 5.74) is 0.987. The predicted octanol–water partition coefficient (Wildman–Crippen LogP) is 4.21. The predicted molar refractivity (Wildman–Crippen MR) is 97.2 cm³/mol. The lowest BCUT2D eigenvalue weighted by Crippen LogP contribution is -2.39. The maximum absolute atomic E-state index is 12.5. The minimum absolute atomic E-state index is 0.000155. The van der Waals surface area contributed by atoms with Crippen LogP contribution in [0.15, 0.2) is 18.2 Å². The van der Waals surface area contributed by atoms with E-state index in [0.717, 1.165) is 24.8 Å². The molecular weight excluding hydrogens is 347 g/mol. The fraction of sp³-hybridized carbons (Fsp3) is 0.556. The Balaban J connectivity index is 1.93. The van der Waals surface area contributed by atoms with Crippen LogP contribution >= 0.6 is 23.2 Å². The van der Waals surface area contributed by atoms with Gasteiger partial charge in [-0.1, -0.05) is 43.1 Å². The number of carbonyl (C=O) groups excluding carboxylic acids is 2. The van der Waals surface area contributed by atoms with E-state index in [0.29, 0.717) is 28.9 Å². The molecule has 1 heterocycles. The Morgan fingerprint density at radius 1 is 1.29 bits per heavy atom. The fourth-order valence-electron chi connectivity index (χ4n) is 2.92. The van der Waals surface area contributed by atoms with Gasteiger partial charge < -0.3 is 10.2 Å². The molecule has 1 aliphatic heterocycles. The van der Waals surface area contributed by atoms with Crippen LogP contribution in [0, 0.1) is 5.92 Å². The number of hydrogen-bond donors (Lipinski definition) is 1. The van der Waals surface area contributed by atoms with Crippen LogP contribution in [0.1, 0.15) is 51.1 Å². The molecule has 1 aromatic rings. The van der Waals surface area contributed by atoms with Crippen molar-refractivity contribution < 1.29 is 9.59 Å². The van der Waals surface area contributed by atoms with Gasteiger partial charge in [-0.3, -0.25) is 9.59 Å². The van der Waals surface area contributed by atoms with Crippen molar-refractivity contribution in [3.8, 4) is 0 Å². The molecule has 4 nitrogen and oxygen atoms in total. The van der Waals surface area contributed by atoms with Gasteiger partial charge in [0.1, 0.15) is 0 Å². The average molecular weight is 371 g/mol. The van der Waals surface area contributed by atoms with Crippen LogP contribution in [0.2, 0.25) is 10.0 Å². The van der Waals surface area contributed by atoms with Crippen molar-refractivity contribution in [1.29, 1.82) is 0 Å². The van der Waals surface area contributed by atoms with E-state index < -0.39 is 0 Å². The van der Waals surface area contributed by atoms with Gasteiger partial charge in [0.25, 0.3) is 0 Å². The number of nitrogens with zero attached hydrogens (tertiary/aromatic N) is 1. The summed E-state index contributed by atoms with van der Waals surface area (Å²) in [6.45, 7) is 4.90. The molecule has 0 aliphatic carbocycles. The summed E-state index contributed by atoms with van der Waals surface area (Å²) in [5.74, 6) is 0.355. The molecular formula is C18H24Cl2N2O2. The highest BCUT2D eigenvalue weighted by atomic mass is 35.5. The van der Waals surface area contributed by atoms with Crippen LogP contribution in [0.4, 0.5) is 0 Å². The largest absolute Gasteiger partial charge is 0.347 e. The Morgan fingerprint density at radius 3 is 2.71 bits per heavy atom. The van der Waals surface area contributed by atoms with E-state index in [2.05, 4.69) is 19.2 Å². The number of amides is 2. The summed E-state index contributed by atoms with van der Waals surface area (Å²) in [6, 6.07) is 5.49. The lowest BCUT2D eigenvalue weighted by molar-refractivity contribution is -0.133. The average Bonchev–Trinajstić information content (AvgIpc) is 3.02. The van der Waals surface area contributed by atoms with Crippen LogP contribution in [-0.2, 0) is 9.59 Å². The molecule has 1 fully saturated rings. The van der Waals surface area contributed by atoms with Crippen LogP contribution in [0.3, 0.4) is 0 Å². The summed E-state index contributed by atoms with van der Waals surface area (Å²) in [4.78, 5) is 26.1. The molecule has 2 rings (SSSR count). The molecule has 0 aromatic heterocycles. The van der Waals surface area contributed by atoms with Crippen molar-refractivity contribution in [3.05, 3.63) is 33.8 Å². The molecule has 0 spiro atoms. The quantitative estimate of drug-likeness (QED) is 0.815. The lowest BCUT2D eigenvalue weighted by atomic mass is 10.0. The number of hydrogen-bond acceptors (Lipinski definition) is 2. The third kappa shape index (κ3) is 5.12. The number of halogens is 2. The smallest absolute Gasteiger partial charge is 0.242 e. The summed E-state index contributed by atoms with van der Waals surface area (Å²) < 4.78 is 0. The van der Waals surface area contributed by atoms with E-state index in [1.165, 1.54) is 0 Å². The molecule has 0 radical (unpaired) electrons. The zero-order chi connectivity index (χ0) is 17.7. The van der Waals surface area contributed by atoms with Gasteiger partial charge in [-0.15, -0.1) is 0 Å². The summed E-state index contributed by atoms with van der Waals surface area (Å²) in [6.07, 6.45) is 3.12. The van der Waals surface area contributed by atoms with Gasteiger partial charge in [0.05, 0.1) is 22.6 Å². The standard InChI is InChI=1S/C18H24Cl2N2O2/c1-12(2)5-8-17(23)21-11-18(24)22-9-3-4-16(22)13-6-7-14(19)15(20)10-13/h6-7,10,12,16H,3-5,8-9,11H2,1-2H3,(H,21,23). The molecule has 6 heteroatoms. The van der Waals surface area contributed by atoms with E-state index in [9.17, 15) is 9.59 Å². The van der Waals surface area contributed by atoms with Crippen LogP contribution < -0.4 is 5.32 Å². The number of carbonyl (C=O) groups is 2. The first-order valence-corrected chi connectivity index (χ1v) is 9.15. The Bertz CT molecular complexity index is 605. The molecule has 132 valence electrons. The second-order valence-electron chi connectivity index (χ2n) is 6.63. The highest BCUT2D eigenvalue weighted by molar-refractivity contribution is 6.42. The Morgan fingerprint density at radius 2 is 2.04 bits per heavy atom. The van der Waals surface area contributed by atoms with E-state index >= 15 is 0 Å². The minimum atomic E-state index is -0.0673. The first-order chi connectivity index (χ1) is 11.4. The number of likely N-dealkylation sites (tertiary alicyclic amines) is 1. The van der Waals surface area contributed by atoms with Gasteiger partial charge in [0.2, 0.25) is 11.8 Å². The van der Waals surface area contributed by atoms with Gasteiger partial charge in [0, 0.05) is 13.0 Å². The number of rotatable bonds is 6. The number of nitrogens with one attached hydrogen (secondary N) is 1. The SMILES string of the molecule is CC(C)CCC(=O)NCC(=O)N1CCCC1c1ccc(Cl)c(Cl)c1. The van der Waals surface area contributed by atoms with Crippen molar-refractivity contribution >= 4 is 35.0 Å². The second kappa shape index (κ2) is 8.72. The van der Waals surface area contributed by atoms with E-state index in [4.69, 9.17) is 23.2 Å². The van der Waals surface area contributed by atoms with E-state index in [-0.39, 0.29) is 24.4 Å². The molecule has 2 amide bonds. The highest BCUT2D eigenvalue weighted by Crippen LogP contribution is 2.34. The Kier molecular flexibility index (Phi) is 6.93. The molecule has 1 unspecified atom stereocenters. The normalized spacial score (nSPS) is 17.4. The molecule has 0 bridgehead atoms. The highest BCUT2D eigenvalue weighted by Gasteiger charge is 2.30. The number of benzene rings is 1. The van der Waals surface area contributed by atoms with Crippen molar-refractivity contribution in [1.82, 2.24) is 10.2 Å². The van der Waals surface area contributed by atoms with Crippen molar-refractivity contribution in [2.75, 3.05) is 13.1 Å². The molecule has 0 saturated carbocycles. The molecule has 1 atom stereocenters.